The average Bonchev–Trinajstić information content (AvgIpc) is 3.39. The number of hydrogen-bond donors (Lipinski definition) is 3. The molecule has 0 spiro atoms. The fourth-order valence-corrected chi connectivity index (χ4v) is 6.59. The zero-order valence-corrected chi connectivity index (χ0v) is 25.2. The maximum Gasteiger partial charge on any atom is 0.404 e. The molecule has 8 nitrogen and oxygen atoms in total. The SMILES string of the molecule is CC(C)OC(N)=O.CCNS(=O)c1cc(Nc2cc(C(C)C)ccn2)ccc1-c1cnc(C2CCCCC2)s1. The highest BCUT2D eigenvalue weighted by molar-refractivity contribution is 7.83. The highest BCUT2D eigenvalue weighted by atomic mass is 32.2. The summed E-state index contributed by atoms with van der Waals surface area (Å²) in [5.74, 6) is 1.80. The molecule has 2 heterocycles. The van der Waals surface area contributed by atoms with Gasteiger partial charge in [0.15, 0.2) is 0 Å². The van der Waals surface area contributed by atoms with Crippen LogP contribution in [0.25, 0.3) is 10.4 Å². The molecule has 1 saturated carbocycles. The van der Waals surface area contributed by atoms with Crippen molar-refractivity contribution in [1.29, 1.82) is 0 Å². The second kappa shape index (κ2) is 15.1. The van der Waals surface area contributed by atoms with Crippen LogP contribution in [0.5, 0.6) is 0 Å². The fourth-order valence-electron chi connectivity index (χ4n) is 4.37. The van der Waals surface area contributed by atoms with Gasteiger partial charge in [0.05, 0.1) is 20.9 Å². The number of aromatic nitrogens is 2. The molecule has 1 atom stereocenters. The molecule has 10 heteroatoms. The van der Waals surface area contributed by atoms with Gasteiger partial charge in [0.1, 0.15) is 16.8 Å². The molecule has 1 aliphatic rings. The number of anilines is 2. The maximum absolute atomic E-state index is 13.0. The van der Waals surface area contributed by atoms with Crippen LogP contribution in [0.3, 0.4) is 0 Å². The predicted molar refractivity (Wildman–Crippen MR) is 161 cm³/mol. The number of carbonyl (C=O) groups is 1. The number of nitrogens with two attached hydrogens (primary N) is 1. The van der Waals surface area contributed by atoms with E-state index in [1.807, 2.05) is 37.5 Å². The van der Waals surface area contributed by atoms with Crippen LogP contribution >= 0.6 is 11.3 Å². The highest BCUT2D eigenvalue weighted by Crippen LogP contribution is 2.39. The van der Waals surface area contributed by atoms with Crippen molar-refractivity contribution in [1.82, 2.24) is 14.7 Å². The standard InChI is InChI=1S/C25H32N4OS2.C4H9NO2/c1-4-28-32(30)23-15-20(29-24-14-19(17(2)3)12-13-26-24)10-11-21(23)22-16-27-25(31-22)18-8-6-5-7-9-18;1-3(2)7-4(5)6/h10-18,28H,4-9H2,1-3H3,(H,26,29);3H,1-2H3,(H2,5,6). The van der Waals surface area contributed by atoms with Gasteiger partial charge in [-0.1, -0.05) is 46.1 Å². The van der Waals surface area contributed by atoms with Gasteiger partial charge in [-0.25, -0.2) is 23.7 Å². The second-order valence-corrected chi connectivity index (χ2v) is 12.4. The van der Waals surface area contributed by atoms with Crippen molar-refractivity contribution in [2.24, 2.45) is 5.73 Å². The van der Waals surface area contributed by atoms with E-state index in [0.29, 0.717) is 18.4 Å². The number of nitrogens with one attached hydrogen (secondary N) is 2. The zero-order valence-electron chi connectivity index (χ0n) is 23.5. The number of carbonyl (C=O) groups excluding carboxylic acids is 1. The van der Waals surface area contributed by atoms with E-state index in [1.165, 1.54) is 42.7 Å². The quantitative estimate of drug-likeness (QED) is 0.249. The number of amides is 1. The van der Waals surface area contributed by atoms with Crippen molar-refractivity contribution >= 4 is 39.9 Å². The lowest BCUT2D eigenvalue weighted by Crippen LogP contribution is -2.17. The minimum atomic E-state index is -1.30. The van der Waals surface area contributed by atoms with Crippen LogP contribution < -0.4 is 15.8 Å². The molecular weight excluding hydrogens is 530 g/mol. The monoisotopic (exact) mass is 571 g/mol. The smallest absolute Gasteiger partial charge is 0.404 e. The van der Waals surface area contributed by atoms with Crippen molar-refractivity contribution in [3.8, 4) is 10.4 Å². The molecule has 0 aliphatic heterocycles. The van der Waals surface area contributed by atoms with Crippen LogP contribution in [0.15, 0.2) is 47.6 Å². The molecule has 39 heavy (non-hydrogen) atoms. The summed E-state index contributed by atoms with van der Waals surface area (Å²) in [7, 11) is -1.30. The fraction of sp³-hybridized carbons (Fsp3) is 0.483. The van der Waals surface area contributed by atoms with Crippen LogP contribution in [0.4, 0.5) is 16.3 Å². The number of pyridine rings is 1. The molecule has 1 aliphatic carbocycles. The summed E-state index contributed by atoms with van der Waals surface area (Å²) in [5.41, 5.74) is 7.72. The van der Waals surface area contributed by atoms with E-state index in [0.717, 1.165) is 26.8 Å². The Labute approximate surface area is 238 Å². The van der Waals surface area contributed by atoms with Crippen molar-refractivity contribution in [2.75, 3.05) is 11.9 Å². The molecule has 0 radical (unpaired) electrons. The van der Waals surface area contributed by atoms with Gasteiger partial charge in [-0.05, 0) is 62.4 Å². The molecule has 4 N–H and O–H groups in total. The van der Waals surface area contributed by atoms with E-state index < -0.39 is 17.1 Å². The third-order valence-electron chi connectivity index (χ3n) is 6.28. The number of rotatable bonds is 9. The first-order valence-electron chi connectivity index (χ1n) is 13.6. The summed E-state index contributed by atoms with van der Waals surface area (Å²) in [4.78, 5) is 20.9. The van der Waals surface area contributed by atoms with Gasteiger partial charge >= 0.3 is 6.09 Å². The molecule has 3 aromatic rings. The third-order valence-corrected chi connectivity index (χ3v) is 8.76. The number of hydrogen-bond acceptors (Lipinski definition) is 7. The molecule has 0 bridgehead atoms. The van der Waals surface area contributed by atoms with Crippen LogP contribution in [0, 0.1) is 0 Å². The molecule has 1 fully saturated rings. The van der Waals surface area contributed by atoms with Crippen LogP contribution in [-0.2, 0) is 15.7 Å². The Morgan fingerprint density at radius 1 is 1.13 bits per heavy atom. The van der Waals surface area contributed by atoms with Crippen molar-refractivity contribution < 1.29 is 13.7 Å². The zero-order chi connectivity index (χ0) is 28.4. The summed E-state index contributed by atoms with van der Waals surface area (Å²) in [6.45, 7) is 10.4. The molecule has 0 saturated heterocycles. The minimum Gasteiger partial charge on any atom is -0.447 e. The lowest BCUT2D eigenvalue weighted by molar-refractivity contribution is 0.125. The molecule has 1 amide bonds. The number of ether oxygens (including phenoxy) is 1. The van der Waals surface area contributed by atoms with E-state index in [4.69, 9.17) is 4.98 Å². The third kappa shape index (κ3) is 9.40. The second-order valence-electron chi connectivity index (χ2n) is 10.1. The first-order chi connectivity index (χ1) is 18.7. The van der Waals surface area contributed by atoms with Gasteiger partial charge in [0.25, 0.3) is 0 Å². The first-order valence-corrected chi connectivity index (χ1v) is 15.6. The highest BCUT2D eigenvalue weighted by Gasteiger charge is 2.21. The normalized spacial score (nSPS) is 14.5. The topological polar surface area (TPSA) is 119 Å². The van der Waals surface area contributed by atoms with Gasteiger partial charge in [-0.2, -0.15) is 0 Å². The van der Waals surface area contributed by atoms with E-state index >= 15 is 0 Å². The van der Waals surface area contributed by atoms with Gasteiger partial charge in [0, 0.05) is 36.1 Å². The summed E-state index contributed by atoms with van der Waals surface area (Å²) < 4.78 is 20.5. The Hall–Kier alpha value is -2.82. The lowest BCUT2D eigenvalue weighted by atomic mass is 9.90. The van der Waals surface area contributed by atoms with E-state index in [9.17, 15) is 9.00 Å². The number of thiazole rings is 1. The van der Waals surface area contributed by atoms with Gasteiger partial charge in [0.2, 0.25) is 0 Å². The van der Waals surface area contributed by atoms with E-state index in [1.54, 1.807) is 25.2 Å². The molecule has 2 aromatic heterocycles. The molecule has 1 aromatic carbocycles. The lowest BCUT2D eigenvalue weighted by Gasteiger charge is -2.18. The summed E-state index contributed by atoms with van der Waals surface area (Å²) in [6.07, 6.45) is 9.36. The van der Waals surface area contributed by atoms with Gasteiger partial charge in [-0.3, -0.25) is 0 Å². The first kappa shape index (κ1) is 30.7. The molecule has 212 valence electrons. The van der Waals surface area contributed by atoms with Gasteiger partial charge < -0.3 is 15.8 Å². The Bertz CT molecular complexity index is 1240. The van der Waals surface area contributed by atoms with Gasteiger partial charge in [-0.15, -0.1) is 11.3 Å². The van der Waals surface area contributed by atoms with Crippen LogP contribution in [0.2, 0.25) is 0 Å². The Morgan fingerprint density at radius 3 is 2.49 bits per heavy atom. The Kier molecular flexibility index (Phi) is 11.9. The molecule has 4 rings (SSSR count). The average molecular weight is 572 g/mol. The van der Waals surface area contributed by atoms with E-state index in [-0.39, 0.29) is 6.10 Å². The summed E-state index contributed by atoms with van der Waals surface area (Å²) in [6, 6.07) is 10.2. The molecular formula is C29H41N5O3S2. The maximum atomic E-state index is 13.0. The van der Waals surface area contributed by atoms with Crippen molar-refractivity contribution in [2.45, 2.75) is 89.6 Å². The largest absolute Gasteiger partial charge is 0.447 e. The van der Waals surface area contributed by atoms with Crippen molar-refractivity contribution in [3.05, 3.63) is 53.3 Å². The Balaban J connectivity index is 0.000000532. The van der Waals surface area contributed by atoms with E-state index in [2.05, 4.69) is 51.5 Å². The minimum absolute atomic E-state index is 0.0995. The van der Waals surface area contributed by atoms with Crippen LogP contribution in [-0.4, -0.2) is 32.9 Å². The summed E-state index contributed by atoms with van der Waals surface area (Å²) in [5, 5.41) is 4.61. The van der Waals surface area contributed by atoms with Crippen molar-refractivity contribution in [3.63, 3.8) is 0 Å². The predicted octanol–water partition coefficient (Wildman–Crippen LogP) is 7.24. The van der Waals surface area contributed by atoms with Crippen LogP contribution in [0.1, 0.15) is 89.1 Å². The number of nitrogens with zero attached hydrogens (tertiary/aromatic N) is 2. The number of benzene rings is 1. The molecule has 1 unspecified atom stereocenters. The Morgan fingerprint density at radius 2 is 1.87 bits per heavy atom. The summed E-state index contributed by atoms with van der Waals surface area (Å²) >= 11 is 1.75. The number of primary amides is 1.